The molecular formula is C11H18N2O4S. The predicted molar refractivity (Wildman–Crippen MR) is 65.4 cm³/mol. The highest BCUT2D eigenvalue weighted by atomic mass is 32.2. The van der Waals surface area contributed by atoms with Crippen LogP contribution >= 0.6 is 0 Å². The Balaban J connectivity index is 1.95. The lowest BCUT2D eigenvalue weighted by molar-refractivity contribution is 0.236. The van der Waals surface area contributed by atoms with E-state index in [1.54, 1.807) is 0 Å². The molecule has 1 aromatic heterocycles. The largest absolute Gasteiger partial charge is 0.446 e. The Morgan fingerprint density at radius 3 is 2.89 bits per heavy atom. The third kappa shape index (κ3) is 3.11. The molecule has 1 aliphatic heterocycles. The lowest BCUT2D eigenvalue weighted by Gasteiger charge is -2.10. The molecule has 6 nitrogen and oxygen atoms in total. The van der Waals surface area contributed by atoms with E-state index in [0.717, 1.165) is 19.5 Å². The van der Waals surface area contributed by atoms with Gasteiger partial charge < -0.3 is 14.4 Å². The molecule has 1 atom stereocenters. The standard InChI is InChI=1S/C11H18N2O4S/c1-13-5-4-9(7-13)6-12-18(15,16)11-3-2-10(8-14)17-11/h2-3,9,12,14H,4-8H2,1H3. The molecule has 0 bridgehead atoms. The van der Waals surface area contributed by atoms with E-state index in [2.05, 4.69) is 9.62 Å². The van der Waals surface area contributed by atoms with Crippen molar-refractivity contribution in [1.82, 2.24) is 9.62 Å². The monoisotopic (exact) mass is 274 g/mol. The highest BCUT2D eigenvalue weighted by Crippen LogP contribution is 2.16. The fraction of sp³-hybridized carbons (Fsp3) is 0.636. The van der Waals surface area contributed by atoms with E-state index in [0.29, 0.717) is 12.5 Å². The minimum absolute atomic E-state index is 0.141. The van der Waals surface area contributed by atoms with Crippen LogP contribution in [0.3, 0.4) is 0 Å². The van der Waals surface area contributed by atoms with Crippen LogP contribution in [0.2, 0.25) is 0 Å². The maximum Gasteiger partial charge on any atom is 0.273 e. The van der Waals surface area contributed by atoms with Crippen molar-refractivity contribution in [2.75, 3.05) is 26.7 Å². The summed E-state index contributed by atoms with van der Waals surface area (Å²) in [6.07, 6.45) is 0.999. The molecule has 1 saturated heterocycles. The third-order valence-electron chi connectivity index (χ3n) is 3.11. The summed E-state index contributed by atoms with van der Waals surface area (Å²) in [6.45, 7) is 2.02. The molecule has 7 heteroatoms. The number of likely N-dealkylation sites (tertiary alicyclic amines) is 1. The van der Waals surface area contributed by atoms with Crippen molar-refractivity contribution in [1.29, 1.82) is 0 Å². The van der Waals surface area contributed by atoms with Crippen molar-refractivity contribution in [3.63, 3.8) is 0 Å². The average Bonchev–Trinajstić information content (AvgIpc) is 2.95. The molecule has 0 saturated carbocycles. The van der Waals surface area contributed by atoms with Crippen LogP contribution in [-0.2, 0) is 16.6 Å². The molecule has 0 spiro atoms. The summed E-state index contributed by atoms with van der Waals surface area (Å²) in [7, 11) is -1.58. The van der Waals surface area contributed by atoms with E-state index in [1.165, 1.54) is 12.1 Å². The number of aliphatic hydroxyl groups excluding tert-OH is 1. The molecule has 1 aliphatic rings. The van der Waals surface area contributed by atoms with E-state index < -0.39 is 10.0 Å². The lowest BCUT2D eigenvalue weighted by Crippen LogP contribution is -2.30. The molecule has 102 valence electrons. The Bertz CT molecular complexity index is 497. The number of sulfonamides is 1. The zero-order valence-electron chi connectivity index (χ0n) is 10.3. The molecule has 1 unspecified atom stereocenters. The van der Waals surface area contributed by atoms with Crippen molar-refractivity contribution in [3.05, 3.63) is 17.9 Å². The number of furan rings is 1. The summed E-state index contributed by atoms with van der Waals surface area (Å²) >= 11 is 0. The quantitative estimate of drug-likeness (QED) is 0.790. The van der Waals surface area contributed by atoms with Crippen LogP contribution in [0.25, 0.3) is 0 Å². The maximum absolute atomic E-state index is 11.9. The number of rotatable bonds is 5. The minimum Gasteiger partial charge on any atom is -0.446 e. The predicted octanol–water partition coefficient (Wildman–Crippen LogP) is 0.00190. The molecule has 0 aliphatic carbocycles. The van der Waals surface area contributed by atoms with Gasteiger partial charge in [-0.15, -0.1) is 0 Å². The van der Waals surface area contributed by atoms with Gasteiger partial charge in [0.15, 0.2) is 0 Å². The van der Waals surface area contributed by atoms with Crippen molar-refractivity contribution in [2.24, 2.45) is 5.92 Å². The second-order valence-corrected chi connectivity index (χ2v) is 6.35. The zero-order chi connectivity index (χ0) is 13.2. The van der Waals surface area contributed by atoms with Gasteiger partial charge in [-0.1, -0.05) is 0 Å². The molecule has 1 fully saturated rings. The average molecular weight is 274 g/mol. The van der Waals surface area contributed by atoms with Crippen LogP contribution in [-0.4, -0.2) is 45.1 Å². The summed E-state index contributed by atoms with van der Waals surface area (Å²) < 4.78 is 31.4. The van der Waals surface area contributed by atoms with Crippen LogP contribution in [0.4, 0.5) is 0 Å². The molecule has 2 rings (SSSR count). The fourth-order valence-corrected chi connectivity index (χ4v) is 3.14. The highest BCUT2D eigenvalue weighted by molar-refractivity contribution is 7.89. The maximum atomic E-state index is 11.9. The Kier molecular flexibility index (Phi) is 4.06. The summed E-state index contributed by atoms with van der Waals surface area (Å²) in [5.41, 5.74) is 0. The van der Waals surface area contributed by atoms with E-state index >= 15 is 0 Å². The normalized spacial score (nSPS) is 21.6. The van der Waals surface area contributed by atoms with Gasteiger partial charge in [-0.2, -0.15) is 0 Å². The number of nitrogens with one attached hydrogen (secondary N) is 1. The van der Waals surface area contributed by atoms with Gasteiger partial charge >= 0.3 is 0 Å². The van der Waals surface area contributed by atoms with E-state index in [-0.39, 0.29) is 17.5 Å². The molecule has 0 amide bonds. The van der Waals surface area contributed by atoms with Gasteiger partial charge in [-0.25, -0.2) is 13.1 Å². The molecule has 1 aromatic rings. The molecular weight excluding hydrogens is 256 g/mol. The summed E-state index contributed by atoms with van der Waals surface area (Å²) in [4.78, 5) is 2.18. The van der Waals surface area contributed by atoms with Crippen molar-refractivity contribution < 1.29 is 17.9 Å². The SMILES string of the molecule is CN1CCC(CNS(=O)(=O)c2ccc(CO)o2)C1. The van der Waals surface area contributed by atoms with Gasteiger partial charge in [0.25, 0.3) is 10.0 Å². The first kappa shape index (κ1) is 13.5. The van der Waals surface area contributed by atoms with Crippen LogP contribution in [0.15, 0.2) is 21.6 Å². The summed E-state index contributed by atoms with van der Waals surface area (Å²) in [5, 5.41) is 8.69. The van der Waals surface area contributed by atoms with E-state index in [4.69, 9.17) is 9.52 Å². The number of nitrogens with zero attached hydrogens (tertiary/aromatic N) is 1. The number of hydrogen-bond acceptors (Lipinski definition) is 5. The summed E-state index contributed by atoms with van der Waals surface area (Å²) in [5.74, 6) is 0.591. The Morgan fingerprint density at radius 2 is 2.33 bits per heavy atom. The minimum atomic E-state index is -3.60. The van der Waals surface area contributed by atoms with Gasteiger partial charge in [-0.05, 0) is 38.1 Å². The van der Waals surface area contributed by atoms with Gasteiger partial charge in [-0.3, -0.25) is 0 Å². The topological polar surface area (TPSA) is 82.8 Å². The van der Waals surface area contributed by atoms with Crippen LogP contribution in [0.5, 0.6) is 0 Å². The molecule has 2 N–H and O–H groups in total. The van der Waals surface area contributed by atoms with Crippen LogP contribution < -0.4 is 4.72 Å². The van der Waals surface area contributed by atoms with Gasteiger partial charge in [0.05, 0.1) is 0 Å². The number of aliphatic hydroxyl groups is 1. The second-order valence-electron chi connectivity index (χ2n) is 4.65. The van der Waals surface area contributed by atoms with E-state index in [1.807, 2.05) is 7.05 Å². The van der Waals surface area contributed by atoms with Gasteiger partial charge in [0.2, 0.25) is 5.09 Å². The molecule has 0 radical (unpaired) electrons. The van der Waals surface area contributed by atoms with Gasteiger partial charge in [0.1, 0.15) is 12.4 Å². The Morgan fingerprint density at radius 1 is 1.56 bits per heavy atom. The van der Waals surface area contributed by atoms with Crippen molar-refractivity contribution in [3.8, 4) is 0 Å². The first-order valence-electron chi connectivity index (χ1n) is 5.89. The van der Waals surface area contributed by atoms with Crippen molar-refractivity contribution >= 4 is 10.0 Å². The molecule has 2 heterocycles. The third-order valence-corrected chi connectivity index (χ3v) is 4.40. The molecule has 18 heavy (non-hydrogen) atoms. The molecule has 0 aromatic carbocycles. The first-order chi connectivity index (χ1) is 8.51. The van der Waals surface area contributed by atoms with Crippen molar-refractivity contribution in [2.45, 2.75) is 18.1 Å². The smallest absolute Gasteiger partial charge is 0.273 e. The Hall–Kier alpha value is -0.890. The first-order valence-corrected chi connectivity index (χ1v) is 7.37. The van der Waals surface area contributed by atoms with Gasteiger partial charge in [0, 0.05) is 13.1 Å². The van der Waals surface area contributed by atoms with Crippen LogP contribution in [0.1, 0.15) is 12.2 Å². The lowest BCUT2D eigenvalue weighted by atomic mass is 10.1. The van der Waals surface area contributed by atoms with Crippen LogP contribution in [0, 0.1) is 5.92 Å². The number of hydrogen-bond donors (Lipinski definition) is 2. The second kappa shape index (κ2) is 5.40. The highest BCUT2D eigenvalue weighted by Gasteiger charge is 2.24. The fourth-order valence-electron chi connectivity index (χ4n) is 2.08. The Labute approximate surface area is 107 Å². The summed E-state index contributed by atoms with van der Waals surface area (Å²) in [6, 6.07) is 2.81. The zero-order valence-corrected chi connectivity index (χ0v) is 11.1. The van der Waals surface area contributed by atoms with E-state index in [9.17, 15) is 8.42 Å².